The third kappa shape index (κ3) is 2.59. The van der Waals surface area contributed by atoms with Gasteiger partial charge in [-0.25, -0.2) is 4.68 Å². The van der Waals surface area contributed by atoms with Crippen LogP contribution in [0.3, 0.4) is 0 Å². The van der Waals surface area contributed by atoms with Crippen LogP contribution in [0.4, 0.5) is 5.69 Å². The minimum absolute atomic E-state index is 0.140. The summed E-state index contributed by atoms with van der Waals surface area (Å²) in [6.45, 7) is 2.76. The molecule has 1 amide bonds. The zero-order valence-electron chi connectivity index (χ0n) is 14.9. The van der Waals surface area contributed by atoms with Crippen molar-refractivity contribution in [1.29, 1.82) is 0 Å². The summed E-state index contributed by atoms with van der Waals surface area (Å²) in [5, 5.41) is 11.2. The van der Waals surface area contributed by atoms with Crippen molar-refractivity contribution in [3.05, 3.63) is 77.4 Å². The van der Waals surface area contributed by atoms with Crippen LogP contribution < -0.4 is 5.32 Å². The highest BCUT2D eigenvalue weighted by molar-refractivity contribution is 6.06. The van der Waals surface area contributed by atoms with E-state index >= 15 is 0 Å². The summed E-state index contributed by atoms with van der Waals surface area (Å²) < 4.78 is 1.81. The number of nitrogens with zero attached hydrogens (tertiary/aromatic N) is 3. The molecule has 0 unspecified atom stereocenters. The smallest absolute Gasteiger partial charge is 0.255 e. The van der Waals surface area contributed by atoms with E-state index in [1.807, 2.05) is 29.8 Å². The Morgan fingerprint density at radius 1 is 1.04 bits per heavy atom. The first-order chi connectivity index (χ1) is 13.2. The van der Waals surface area contributed by atoms with Crippen LogP contribution in [0.1, 0.15) is 28.4 Å². The molecule has 1 aliphatic rings. The van der Waals surface area contributed by atoms with E-state index in [1.165, 1.54) is 22.3 Å². The van der Waals surface area contributed by atoms with Gasteiger partial charge in [0.05, 0.1) is 5.52 Å². The van der Waals surface area contributed by atoms with Crippen LogP contribution in [0.25, 0.3) is 22.2 Å². The molecule has 3 aromatic carbocycles. The Morgan fingerprint density at radius 3 is 2.78 bits per heavy atom. The van der Waals surface area contributed by atoms with Gasteiger partial charge in [0.2, 0.25) is 0 Å². The van der Waals surface area contributed by atoms with Gasteiger partial charge in [-0.15, -0.1) is 5.10 Å². The normalized spacial score (nSPS) is 12.0. The molecule has 5 rings (SSSR count). The van der Waals surface area contributed by atoms with Crippen LogP contribution in [-0.2, 0) is 13.0 Å². The molecule has 1 heterocycles. The second-order valence-corrected chi connectivity index (χ2v) is 6.77. The molecule has 0 saturated carbocycles. The molecule has 27 heavy (non-hydrogen) atoms. The van der Waals surface area contributed by atoms with Crippen molar-refractivity contribution < 1.29 is 4.79 Å². The standard InChI is InChI=1S/C22H18N4O/c1-2-26-21-10-7-15(13-20(21)24-25-26)22(27)23-17-8-9-19-16(12-17)11-14-5-3-4-6-18(14)19/h3-10,12-13H,2,11H2,1H3,(H,23,27). The number of aromatic nitrogens is 3. The van der Waals surface area contributed by atoms with E-state index in [4.69, 9.17) is 0 Å². The van der Waals surface area contributed by atoms with Crippen LogP contribution in [0.2, 0.25) is 0 Å². The predicted molar refractivity (Wildman–Crippen MR) is 106 cm³/mol. The highest BCUT2D eigenvalue weighted by atomic mass is 16.1. The van der Waals surface area contributed by atoms with Crippen LogP contribution >= 0.6 is 0 Å². The molecular weight excluding hydrogens is 336 g/mol. The van der Waals surface area contributed by atoms with Gasteiger partial charge in [-0.05, 0) is 65.9 Å². The summed E-state index contributed by atoms with van der Waals surface area (Å²) in [5.74, 6) is -0.140. The third-order valence-electron chi connectivity index (χ3n) is 5.13. The maximum atomic E-state index is 12.7. The monoisotopic (exact) mass is 354 g/mol. The van der Waals surface area contributed by atoms with Crippen molar-refractivity contribution in [1.82, 2.24) is 15.0 Å². The van der Waals surface area contributed by atoms with Gasteiger partial charge in [-0.3, -0.25) is 4.79 Å². The van der Waals surface area contributed by atoms with E-state index in [2.05, 4.69) is 52.0 Å². The molecule has 0 saturated heterocycles. The van der Waals surface area contributed by atoms with E-state index in [0.717, 1.165) is 29.7 Å². The molecule has 132 valence electrons. The molecule has 0 fully saturated rings. The van der Waals surface area contributed by atoms with Gasteiger partial charge in [0, 0.05) is 17.8 Å². The van der Waals surface area contributed by atoms with E-state index in [1.54, 1.807) is 6.07 Å². The van der Waals surface area contributed by atoms with Crippen molar-refractivity contribution in [2.24, 2.45) is 0 Å². The molecule has 5 heteroatoms. The highest BCUT2D eigenvalue weighted by Crippen LogP contribution is 2.37. The topological polar surface area (TPSA) is 59.8 Å². The minimum Gasteiger partial charge on any atom is -0.322 e. The Morgan fingerprint density at radius 2 is 1.89 bits per heavy atom. The summed E-state index contributed by atoms with van der Waals surface area (Å²) in [5.41, 5.74) is 8.17. The lowest BCUT2D eigenvalue weighted by atomic mass is 10.1. The lowest BCUT2D eigenvalue weighted by molar-refractivity contribution is 0.102. The maximum absolute atomic E-state index is 12.7. The van der Waals surface area contributed by atoms with Crippen molar-refractivity contribution in [2.75, 3.05) is 5.32 Å². The molecule has 5 nitrogen and oxygen atoms in total. The Labute approximate surface area is 156 Å². The fourth-order valence-corrected chi connectivity index (χ4v) is 3.77. The van der Waals surface area contributed by atoms with Crippen LogP contribution in [0, 0.1) is 0 Å². The molecule has 0 spiro atoms. The Balaban J connectivity index is 1.41. The molecule has 1 aliphatic carbocycles. The second kappa shape index (κ2) is 6.06. The number of fused-ring (bicyclic) bond motifs is 4. The molecule has 0 aliphatic heterocycles. The zero-order chi connectivity index (χ0) is 18.4. The second-order valence-electron chi connectivity index (χ2n) is 6.77. The zero-order valence-corrected chi connectivity index (χ0v) is 14.9. The van der Waals surface area contributed by atoms with E-state index in [9.17, 15) is 4.79 Å². The van der Waals surface area contributed by atoms with Crippen molar-refractivity contribution in [2.45, 2.75) is 19.9 Å². The first-order valence-corrected chi connectivity index (χ1v) is 9.09. The Bertz CT molecular complexity index is 1190. The van der Waals surface area contributed by atoms with Gasteiger partial charge in [-0.2, -0.15) is 0 Å². The molecule has 0 radical (unpaired) electrons. The van der Waals surface area contributed by atoms with E-state index < -0.39 is 0 Å². The number of carbonyl (C=O) groups excluding carboxylic acids is 1. The number of aryl methyl sites for hydroxylation is 1. The molecule has 1 aromatic heterocycles. The average Bonchev–Trinajstić information content (AvgIpc) is 3.27. The summed E-state index contributed by atoms with van der Waals surface area (Å²) >= 11 is 0. The molecule has 4 aromatic rings. The average molecular weight is 354 g/mol. The first-order valence-electron chi connectivity index (χ1n) is 9.09. The van der Waals surface area contributed by atoms with Gasteiger partial charge in [0.1, 0.15) is 5.52 Å². The number of hydrogen-bond acceptors (Lipinski definition) is 3. The SMILES string of the molecule is CCn1nnc2cc(C(=O)Nc3ccc4c(c3)Cc3ccccc3-4)ccc21. The fourth-order valence-electron chi connectivity index (χ4n) is 3.77. The van der Waals surface area contributed by atoms with Crippen molar-refractivity contribution >= 4 is 22.6 Å². The number of carbonyl (C=O) groups is 1. The van der Waals surface area contributed by atoms with E-state index in [-0.39, 0.29) is 5.91 Å². The quantitative estimate of drug-likeness (QED) is 0.526. The third-order valence-corrected chi connectivity index (χ3v) is 5.13. The van der Waals surface area contributed by atoms with Crippen molar-refractivity contribution in [3.63, 3.8) is 0 Å². The molecule has 0 atom stereocenters. The summed E-state index contributed by atoms with van der Waals surface area (Å²) in [7, 11) is 0. The summed E-state index contributed by atoms with van der Waals surface area (Å²) in [4.78, 5) is 12.7. The molecular formula is C22H18N4O. The number of nitrogens with one attached hydrogen (secondary N) is 1. The van der Waals surface area contributed by atoms with Gasteiger partial charge in [-0.1, -0.05) is 35.5 Å². The van der Waals surface area contributed by atoms with Crippen LogP contribution in [-0.4, -0.2) is 20.9 Å². The number of hydrogen-bond donors (Lipinski definition) is 1. The summed E-state index contributed by atoms with van der Waals surface area (Å²) in [6, 6.07) is 20.1. The van der Waals surface area contributed by atoms with Crippen molar-refractivity contribution in [3.8, 4) is 11.1 Å². The van der Waals surface area contributed by atoms with Gasteiger partial charge in [0.25, 0.3) is 5.91 Å². The molecule has 1 N–H and O–H groups in total. The van der Waals surface area contributed by atoms with Gasteiger partial charge < -0.3 is 5.32 Å². The largest absolute Gasteiger partial charge is 0.322 e. The highest BCUT2D eigenvalue weighted by Gasteiger charge is 2.18. The minimum atomic E-state index is -0.140. The molecule has 0 bridgehead atoms. The van der Waals surface area contributed by atoms with Gasteiger partial charge in [0.15, 0.2) is 0 Å². The lowest BCUT2D eigenvalue weighted by Gasteiger charge is -2.08. The van der Waals surface area contributed by atoms with Gasteiger partial charge >= 0.3 is 0 Å². The summed E-state index contributed by atoms with van der Waals surface area (Å²) in [6.07, 6.45) is 0.904. The Kier molecular flexibility index (Phi) is 3.53. The number of amides is 1. The number of rotatable bonds is 3. The Hall–Kier alpha value is -3.47. The number of anilines is 1. The van der Waals surface area contributed by atoms with Crippen LogP contribution in [0.5, 0.6) is 0 Å². The van der Waals surface area contributed by atoms with Crippen LogP contribution in [0.15, 0.2) is 60.7 Å². The number of benzene rings is 3. The first kappa shape index (κ1) is 15.8. The predicted octanol–water partition coefficient (Wildman–Crippen LogP) is 4.27. The fraction of sp³-hybridized carbons (Fsp3) is 0.136. The lowest BCUT2D eigenvalue weighted by Crippen LogP contribution is -2.12. The van der Waals surface area contributed by atoms with E-state index in [0.29, 0.717) is 5.56 Å². The maximum Gasteiger partial charge on any atom is 0.255 e.